The van der Waals surface area contributed by atoms with Gasteiger partial charge in [0.05, 0.1) is 5.69 Å². The van der Waals surface area contributed by atoms with Gasteiger partial charge < -0.3 is 10.2 Å². The van der Waals surface area contributed by atoms with Gasteiger partial charge in [0.2, 0.25) is 11.8 Å². The Balaban J connectivity index is 1.95. The van der Waals surface area contributed by atoms with E-state index >= 15 is 0 Å². The van der Waals surface area contributed by atoms with Crippen molar-refractivity contribution < 1.29 is 9.59 Å². The normalized spacial score (nSPS) is 14.1. The van der Waals surface area contributed by atoms with Gasteiger partial charge in [-0.1, -0.05) is 12.1 Å². The van der Waals surface area contributed by atoms with Gasteiger partial charge in [0.1, 0.15) is 0 Å². The summed E-state index contributed by atoms with van der Waals surface area (Å²) >= 11 is 1.77. The van der Waals surface area contributed by atoms with Gasteiger partial charge in [-0.3, -0.25) is 9.59 Å². The number of para-hydroxylation sites is 1. The molecule has 1 aromatic rings. The van der Waals surface area contributed by atoms with Crippen molar-refractivity contribution in [3.05, 3.63) is 24.3 Å². The molecule has 0 radical (unpaired) electrons. The SMILES string of the molecule is CC(C)NC(=O)CCC(=O)N1CCSc2ccccc21. The molecule has 2 amide bonds. The first-order valence-corrected chi connectivity index (χ1v) is 7.88. The highest BCUT2D eigenvalue weighted by atomic mass is 32.2. The van der Waals surface area contributed by atoms with Crippen LogP contribution in [0.3, 0.4) is 0 Å². The average Bonchev–Trinajstić information content (AvgIpc) is 2.43. The van der Waals surface area contributed by atoms with Crippen LogP contribution in [0.2, 0.25) is 0 Å². The van der Waals surface area contributed by atoms with Crippen molar-refractivity contribution in [3.8, 4) is 0 Å². The predicted octanol–water partition coefficient (Wildman–Crippen LogP) is 2.43. The van der Waals surface area contributed by atoms with Crippen LogP contribution in [0, 0.1) is 0 Å². The molecule has 0 atom stereocenters. The summed E-state index contributed by atoms with van der Waals surface area (Å²) < 4.78 is 0. The second kappa shape index (κ2) is 6.79. The Morgan fingerprint density at radius 3 is 2.80 bits per heavy atom. The minimum atomic E-state index is -0.0620. The zero-order valence-corrected chi connectivity index (χ0v) is 12.7. The monoisotopic (exact) mass is 292 g/mol. The number of carbonyl (C=O) groups is 2. The van der Waals surface area contributed by atoms with Gasteiger partial charge >= 0.3 is 0 Å². The van der Waals surface area contributed by atoms with E-state index in [0.29, 0.717) is 6.54 Å². The van der Waals surface area contributed by atoms with E-state index < -0.39 is 0 Å². The van der Waals surface area contributed by atoms with Crippen molar-refractivity contribution in [2.24, 2.45) is 0 Å². The van der Waals surface area contributed by atoms with Crippen LogP contribution in [0.1, 0.15) is 26.7 Å². The molecule has 1 aliphatic rings. The number of hydrogen-bond acceptors (Lipinski definition) is 3. The van der Waals surface area contributed by atoms with E-state index in [2.05, 4.69) is 5.32 Å². The number of amides is 2. The van der Waals surface area contributed by atoms with E-state index in [1.165, 1.54) is 0 Å². The lowest BCUT2D eigenvalue weighted by Crippen LogP contribution is -2.37. The molecule has 0 aliphatic carbocycles. The lowest BCUT2D eigenvalue weighted by molar-refractivity contribution is -0.125. The summed E-state index contributed by atoms with van der Waals surface area (Å²) in [5, 5.41) is 2.81. The highest BCUT2D eigenvalue weighted by Gasteiger charge is 2.22. The maximum absolute atomic E-state index is 12.3. The first kappa shape index (κ1) is 14.9. The van der Waals surface area contributed by atoms with E-state index in [0.717, 1.165) is 16.3 Å². The molecule has 0 fully saturated rings. The summed E-state index contributed by atoms with van der Waals surface area (Å²) in [6.45, 7) is 4.54. The van der Waals surface area contributed by atoms with Gasteiger partial charge in [-0.25, -0.2) is 0 Å². The van der Waals surface area contributed by atoms with Crippen molar-refractivity contribution in [1.82, 2.24) is 5.32 Å². The third-order valence-electron chi connectivity index (χ3n) is 3.05. The Kier molecular flexibility index (Phi) is 5.06. The molecule has 1 heterocycles. The number of rotatable bonds is 4. The van der Waals surface area contributed by atoms with Crippen molar-refractivity contribution in [2.75, 3.05) is 17.2 Å². The van der Waals surface area contributed by atoms with E-state index in [4.69, 9.17) is 0 Å². The number of benzene rings is 1. The maximum atomic E-state index is 12.3. The lowest BCUT2D eigenvalue weighted by Gasteiger charge is -2.29. The fraction of sp³-hybridized carbons (Fsp3) is 0.467. The molecule has 1 aliphatic heterocycles. The van der Waals surface area contributed by atoms with E-state index in [9.17, 15) is 9.59 Å². The molecule has 1 N–H and O–H groups in total. The first-order chi connectivity index (χ1) is 9.58. The van der Waals surface area contributed by atoms with Crippen LogP contribution in [0.5, 0.6) is 0 Å². The van der Waals surface area contributed by atoms with Crippen LogP contribution in [-0.2, 0) is 9.59 Å². The first-order valence-electron chi connectivity index (χ1n) is 6.89. The Labute approximate surface area is 123 Å². The molecule has 1 aromatic carbocycles. The molecular weight excluding hydrogens is 272 g/mol. The van der Waals surface area contributed by atoms with Crippen molar-refractivity contribution in [1.29, 1.82) is 0 Å². The van der Waals surface area contributed by atoms with Crippen LogP contribution in [-0.4, -0.2) is 30.2 Å². The zero-order chi connectivity index (χ0) is 14.5. The minimum absolute atomic E-state index is 0.0247. The Hall–Kier alpha value is -1.49. The van der Waals surface area contributed by atoms with Gasteiger partial charge in [0.25, 0.3) is 0 Å². The molecular formula is C15H20N2O2S. The number of carbonyl (C=O) groups excluding carboxylic acids is 2. The molecule has 5 heteroatoms. The average molecular weight is 292 g/mol. The number of thioether (sulfide) groups is 1. The number of anilines is 1. The second-order valence-corrected chi connectivity index (χ2v) is 6.22. The Morgan fingerprint density at radius 1 is 1.30 bits per heavy atom. The smallest absolute Gasteiger partial charge is 0.227 e. The summed E-state index contributed by atoms with van der Waals surface area (Å²) in [5.74, 6) is 0.866. The number of nitrogens with zero attached hydrogens (tertiary/aromatic N) is 1. The molecule has 108 valence electrons. The molecule has 0 saturated heterocycles. The topological polar surface area (TPSA) is 49.4 Å². The molecule has 0 unspecified atom stereocenters. The molecule has 0 spiro atoms. The number of fused-ring (bicyclic) bond motifs is 1. The van der Waals surface area contributed by atoms with Crippen LogP contribution in [0.4, 0.5) is 5.69 Å². The van der Waals surface area contributed by atoms with Gasteiger partial charge in [0, 0.05) is 36.1 Å². The minimum Gasteiger partial charge on any atom is -0.354 e. The van der Waals surface area contributed by atoms with E-state index in [1.807, 2.05) is 38.1 Å². The molecule has 0 aromatic heterocycles. The fourth-order valence-corrected chi connectivity index (χ4v) is 3.17. The molecule has 0 bridgehead atoms. The highest BCUT2D eigenvalue weighted by molar-refractivity contribution is 7.99. The Morgan fingerprint density at radius 2 is 2.05 bits per heavy atom. The van der Waals surface area contributed by atoms with Crippen LogP contribution in [0.25, 0.3) is 0 Å². The Bertz CT molecular complexity index is 502. The zero-order valence-electron chi connectivity index (χ0n) is 11.9. The van der Waals surface area contributed by atoms with Crippen LogP contribution in [0.15, 0.2) is 29.2 Å². The molecule has 2 rings (SSSR count). The summed E-state index contributed by atoms with van der Waals surface area (Å²) in [6, 6.07) is 8.04. The largest absolute Gasteiger partial charge is 0.354 e. The molecule has 20 heavy (non-hydrogen) atoms. The third kappa shape index (κ3) is 3.76. The van der Waals surface area contributed by atoms with E-state index in [1.54, 1.807) is 16.7 Å². The predicted molar refractivity (Wildman–Crippen MR) is 82.0 cm³/mol. The standard InChI is InChI=1S/C15H20N2O2S/c1-11(2)16-14(18)7-8-15(19)17-9-10-20-13-6-4-3-5-12(13)17/h3-6,11H,7-10H2,1-2H3,(H,16,18). The van der Waals surface area contributed by atoms with Crippen LogP contribution >= 0.6 is 11.8 Å². The second-order valence-electron chi connectivity index (χ2n) is 5.08. The summed E-state index contributed by atoms with van der Waals surface area (Å²) in [5.41, 5.74) is 0.970. The molecule has 4 nitrogen and oxygen atoms in total. The number of hydrogen-bond donors (Lipinski definition) is 1. The molecule has 0 saturated carbocycles. The summed E-state index contributed by atoms with van der Waals surface area (Å²) in [7, 11) is 0. The fourth-order valence-electron chi connectivity index (χ4n) is 2.18. The quantitative estimate of drug-likeness (QED) is 0.927. The van der Waals surface area contributed by atoms with Gasteiger partial charge in [-0.15, -0.1) is 11.8 Å². The summed E-state index contributed by atoms with van der Waals surface area (Å²) in [4.78, 5) is 26.8. The van der Waals surface area contributed by atoms with Crippen molar-refractivity contribution in [2.45, 2.75) is 37.6 Å². The van der Waals surface area contributed by atoms with Gasteiger partial charge in [-0.05, 0) is 26.0 Å². The van der Waals surface area contributed by atoms with Gasteiger partial charge in [-0.2, -0.15) is 0 Å². The van der Waals surface area contributed by atoms with E-state index in [-0.39, 0.29) is 30.7 Å². The van der Waals surface area contributed by atoms with Crippen LogP contribution < -0.4 is 10.2 Å². The van der Waals surface area contributed by atoms with Crippen molar-refractivity contribution in [3.63, 3.8) is 0 Å². The van der Waals surface area contributed by atoms with Crippen molar-refractivity contribution >= 4 is 29.3 Å². The number of nitrogens with one attached hydrogen (secondary N) is 1. The highest BCUT2D eigenvalue weighted by Crippen LogP contribution is 2.34. The van der Waals surface area contributed by atoms with Gasteiger partial charge in [0.15, 0.2) is 0 Å². The summed E-state index contributed by atoms with van der Waals surface area (Å²) in [6.07, 6.45) is 0.514. The third-order valence-corrected chi connectivity index (χ3v) is 4.09. The lowest BCUT2D eigenvalue weighted by atomic mass is 10.2. The maximum Gasteiger partial charge on any atom is 0.227 e.